The number of hydrogen-bond donors (Lipinski definition) is 2. The van der Waals surface area contributed by atoms with Crippen LogP contribution in [0.3, 0.4) is 0 Å². The highest BCUT2D eigenvalue weighted by molar-refractivity contribution is 5.86. The molecule has 1 aromatic carbocycles. The van der Waals surface area contributed by atoms with E-state index in [1.165, 1.54) is 0 Å². The van der Waals surface area contributed by atoms with Gasteiger partial charge in [-0.1, -0.05) is 19.4 Å². The lowest BCUT2D eigenvalue weighted by Crippen LogP contribution is -2.06. The average Bonchev–Trinajstić information content (AvgIpc) is 2.99. The van der Waals surface area contributed by atoms with Gasteiger partial charge >= 0.3 is 6.01 Å². The van der Waals surface area contributed by atoms with E-state index in [1.54, 1.807) is 6.33 Å². The molecule has 2 heterocycles. The molecule has 0 radical (unpaired) electrons. The molecule has 0 amide bonds. The standard InChI is InChI=1S/C18H24N6O/c1-4-5-9-25-18-22-16(21-14-8-6-7-13(19)10-14)15-17(23-18)24(11-20-15)12(2)3/h6-8,10-12H,4-5,9,19H2,1-3H3,(H,21,22,23). The summed E-state index contributed by atoms with van der Waals surface area (Å²) >= 11 is 0. The Morgan fingerprint density at radius 3 is 2.84 bits per heavy atom. The molecule has 3 rings (SSSR count). The Labute approximate surface area is 147 Å². The zero-order valence-electron chi connectivity index (χ0n) is 14.9. The summed E-state index contributed by atoms with van der Waals surface area (Å²) in [6, 6.07) is 8.11. The van der Waals surface area contributed by atoms with Crippen molar-refractivity contribution in [2.24, 2.45) is 0 Å². The minimum Gasteiger partial charge on any atom is -0.463 e. The smallest absolute Gasteiger partial charge is 0.320 e. The quantitative estimate of drug-likeness (QED) is 0.500. The predicted molar refractivity (Wildman–Crippen MR) is 100 cm³/mol. The summed E-state index contributed by atoms with van der Waals surface area (Å²) in [7, 11) is 0. The van der Waals surface area contributed by atoms with E-state index < -0.39 is 0 Å². The third kappa shape index (κ3) is 3.81. The molecular weight excluding hydrogens is 316 g/mol. The monoisotopic (exact) mass is 340 g/mol. The number of rotatable bonds is 7. The topological polar surface area (TPSA) is 90.9 Å². The van der Waals surface area contributed by atoms with E-state index in [2.05, 4.69) is 41.0 Å². The highest BCUT2D eigenvalue weighted by Crippen LogP contribution is 2.27. The number of nitrogen functional groups attached to an aromatic ring is 1. The maximum atomic E-state index is 5.86. The molecule has 7 heteroatoms. The van der Waals surface area contributed by atoms with Crippen LogP contribution in [0.4, 0.5) is 17.2 Å². The van der Waals surface area contributed by atoms with Gasteiger partial charge in [0.15, 0.2) is 17.0 Å². The van der Waals surface area contributed by atoms with Crippen LogP contribution in [0.15, 0.2) is 30.6 Å². The summed E-state index contributed by atoms with van der Waals surface area (Å²) in [5.74, 6) is 0.612. The minimum atomic E-state index is 0.239. The van der Waals surface area contributed by atoms with Crippen LogP contribution < -0.4 is 15.8 Å². The average molecular weight is 340 g/mol. The van der Waals surface area contributed by atoms with Gasteiger partial charge in [0.2, 0.25) is 0 Å². The highest BCUT2D eigenvalue weighted by Gasteiger charge is 2.16. The first kappa shape index (κ1) is 17.0. The molecule has 0 saturated heterocycles. The van der Waals surface area contributed by atoms with Crippen LogP contribution in [-0.4, -0.2) is 26.1 Å². The Balaban J connectivity index is 2.02. The normalized spacial score (nSPS) is 11.2. The van der Waals surface area contributed by atoms with Crippen molar-refractivity contribution in [3.63, 3.8) is 0 Å². The number of fused-ring (bicyclic) bond motifs is 1. The van der Waals surface area contributed by atoms with Gasteiger partial charge in [0.05, 0.1) is 12.9 Å². The fourth-order valence-corrected chi connectivity index (χ4v) is 2.49. The Kier molecular flexibility index (Phi) is 5.02. The van der Waals surface area contributed by atoms with Crippen LogP contribution >= 0.6 is 0 Å². The number of hydrogen-bond acceptors (Lipinski definition) is 6. The van der Waals surface area contributed by atoms with E-state index >= 15 is 0 Å². The minimum absolute atomic E-state index is 0.239. The molecule has 132 valence electrons. The van der Waals surface area contributed by atoms with E-state index in [-0.39, 0.29) is 6.04 Å². The molecule has 0 aliphatic heterocycles. The van der Waals surface area contributed by atoms with Gasteiger partial charge in [0.25, 0.3) is 0 Å². The Morgan fingerprint density at radius 1 is 1.28 bits per heavy atom. The third-order valence-electron chi connectivity index (χ3n) is 3.84. The van der Waals surface area contributed by atoms with E-state index in [1.807, 2.05) is 28.8 Å². The molecule has 0 spiro atoms. The van der Waals surface area contributed by atoms with Gasteiger partial charge in [-0.15, -0.1) is 0 Å². The van der Waals surface area contributed by atoms with E-state index in [9.17, 15) is 0 Å². The van der Waals surface area contributed by atoms with Gasteiger partial charge in [-0.2, -0.15) is 9.97 Å². The summed E-state index contributed by atoms with van der Waals surface area (Å²) in [6.45, 7) is 6.89. The molecule has 0 bridgehead atoms. The Bertz CT molecular complexity index is 858. The fraction of sp³-hybridized carbons (Fsp3) is 0.389. The number of imidazole rings is 1. The lowest BCUT2D eigenvalue weighted by atomic mass is 10.3. The maximum absolute atomic E-state index is 5.86. The molecule has 0 aliphatic rings. The van der Waals surface area contributed by atoms with Crippen LogP contribution in [0.1, 0.15) is 39.7 Å². The van der Waals surface area contributed by atoms with Crippen molar-refractivity contribution < 1.29 is 4.74 Å². The van der Waals surface area contributed by atoms with Crippen LogP contribution in [0.2, 0.25) is 0 Å². The summed E-state index contributed by atoms with van der Waals surface area (Å²) < 4.78 is 7.74. The van der Waals surface area contributed by atoms with Crippen molar-refractivity contribution in [3.8, 4) is 6.01 Å². The molecule has 3 aromatic rings. The van der Waals surface area contributed by atoms with Crippen molar-refractivity contribution in [2.45, 2.75) is 39.7 Å². The van der Waals surface area contributed by atoms with Crippen LogP contribution in [0.5, 0.6) is 6.01 Å². The van der Waals surface area contributed by atoms with E-state index in [4.69, 9.17) is 10.5 Å². The van der Waals surface area contributed by atoms with Gasteiger partial charge in [-0.3, -0.25) is 0 Å². The lowest BCUT2D eigenvalue weighted by molar-refractivity contribution is 0.286. The van der Waals surface area contributed by atoms with Crippen molar-refractivity contribution in [3.05, 3.63) is 30.6 Å². The number of unbranched alkanes of at least 4 members (excludes halogenated alkanes) is 1. The molecule has 2 aromatic heterocycles. The molecule has 0 aliphatic carbocycles. The van der Waals surface area contributed by atoms with Crippen molar-refractivity contribution in [2.75, 3.05) is 17.7 Å². The molecule has 0 unspecified atom stereocenters. The lowest BCUT2D eigenvalue weighted by Gasteiger charge is -2.11. The number of ether oxygens (including phenoxy) is 1. The first-order chi connectivity index (χ1) is 12.1. The van der Waals surface area contributed by atoms with Crippen molar-refractivity contribution in [1.29, 1.82) is 0 Å². The second-order valence-corrected chi connectivity index (χ2v) is 6.23. The van der Waals surface area contributed by atoms with Crippen molar-refractivity contribution in [1.82, 2.24) is 19.5 Å². The number of nitrogens with one attached hydrogen (secondary N) is 1. The number of aromatic nitrogens is 4. The summed E-state index contributed by atoms with van der Waals surface area (Å²) in [5.41, 5.74) is 8.85. The second-order valence-electron chi connectivity index (χ2n) is 6.23. The van der Waals surface area contributed by atoms with Crippen LogP contribution in [0.25, 0.3) is 11.2 Å². The number of benzene rings is 1. The summed E-state index contributed by atoms with van der Waals surface area (Å²) in [5, 5.41) is 3.28. The Morgan fingerprint density at radius 2 is 2.12 bits per heavy atom. The van der Waals surface area contributed by atoms with Gasteiger partial charge in [-0.05, 0) is 38.5 Å². The molecule has 0 atom stereocenters. The third-order valence-corrected chi connectivity index (χ3v) is 3.84. The molecule has 0 saturated carbocycles. The maximum Gasteiger partial charge on any atom is 0.320 e. The van der Waals surface area contributed by atoms with Gasteiger partial charge in [0.1, 0.15) is 0 Å². The van der Waals surface area contributed by atoms with E-state index in [0.29, 0.717) is 29.6 Å². The largest absolute Gasteiger partial charge is 0.463 e. The zero-order valence-corrected chi connectivity index (χ0v) is 14.9. The van der Waals surface area contributed by atoms with Crippen LogP contribution in [0, 0.1) is 0 Å². The second kappa shape index (κ2) is 7.38. The summed E-state index contributed by atoms with van der Waals surface area (Å²) in [6.07, 6.45) is 3.80. The van der Waals surface area contributed by atoms with Gasteiger partial charge in [0, 0.05) is 17.4 Å². The van der Waals surface area contributed by atoms with Crippen molar-refractivity contribution >= 4 is 28.4 Å². The van der Waals surface area contributed by atoms with Gasteiger partial charge < -0.3 is 20.4 Å². The number of nitrogens with zero attached hydrogens (tertiary/aromatic N) is 4. The molecule has 7 nitrogen and oxygen atoms in total. The SMILES string of the molecule is CCCCOc1nc(Nc2cccc(N)c2)c2ncn(C(C)C)c2n1. The summed E-state index contributed by atoms with van der Waals surface area (Å²) in [4.78, 5) is 13.5. The highest BCUT2D eigenvalue weighted by atomic mass is 16.5. The molecule has 3 N–H and O–H groups in total. The zero-order chi connectivity index (χ0) is 17.8. The molecule has 25 heavy (non-hydrogen) atoms. The first-order valence-electron chi connectivity index (χ1n) is 8.58. The number of nitrogens with two attached hydrogens (primary N) is 1. The predicted octanol–water partition coefficient (Wildman–Crippen LogP) is 3.91. The van der Waals surface area contributed by atoms with Crippen LogP contribution in [-0.2, 0) is 0 Å². The fourth-order valence-electron chi connectivity index (χ4n) is 2.49. The van der Waals surface area contributed by atoms with Gasteiger partial charge in [-0.25, -0.2) is 4.98 Å². The van der Waals surface area contributed by atoms with E-state index in [0.717, 1.165) is 24.2 Å². The number of anilines is 3. The Hall–Kier alpha value is -2.83. The molecule has 0 fully saturated rings. The first-order valence-corrected chi connectivity index (χ1v) is 8.58. The molecular formula is C18H24N6O.